The maximum Gasteiger partial charge on any atom is 0.307 e. The Hall–Kier alpha value is -1.75. The van der Waals surface area contributed by atoms with Crippen LogP contribution >= 0.6 is 11.6 Å². The summed E-state index contributed by atoms with van der Waals surface area (Å²) < 4.78 is 10.5. The number of esters is 1. The number of fused-ring (bicyclic) bond motifs is 1. The van der Waals surface area contributed by atoms with Crippen molar-refractivity contribution in [2.45, 2.75) is 25.9 Å². The highest BCUT2D eigenvalue weighted by Crippen LogP contribution is 2.31. The van der Waals surface area contributed by atoms with Crippen LogP contribution in [0.15, 0.2) is 18.2 Å². The Morgan fingerprint density at radius 2 is 2.24 bits per heavy atom. The summed E-state index contributed by atoms with van der Waals surface area (Å²) in [6, 6.07) is 5.31. The van der Waals surface area contributed by atoms with E-state index < -0.39 is 6.10 Å². The Balaban J connectivity index is 1.88. The Labute approximate surface area is 128 Å². The maximum atomic E-state index is 12.3. The molecule has 1 aliphatic heterocycles. The van der Waals surface area contributed by atoms with E-state index in [-0.39, 0.29) is 18.3 Å². The lowest BCUT2D eigenvalue weighted by Crippen LogP contribution is -2.40. The lowest BCUT2D eigenvalue weighted by molar-refractivity contribution is -0.144. The van der Waals surface area contributed by atoms with Gasteiger partial charge in [-0.15, -0.1) is 0 Å². The largest absolute Gasteiger partial charge is 0.480 e. The molecule has 0 bridgehead atoms. The first kappa shape index (κ1) is 15.6. The van der Waals surface area contributed by atoms with Crippen LogP contribution in [0.1, 0.15) is 18.9 Å². The molecule has 1 unspecified atom stereocenters. The van der Waals surface area contributed by atoms with Gasteiger partial charge in [0.1, 0.15) is 5.75 Å². The summed E-state index contributed by atoms with van der Waals surface area (Å²) in [4.78, 5) is 25.1. The zero-order valence-corrected chi connectivity index (χ0v) is 12.9. The molecule has 0 saturated heterocycles. The van der Waals surface area contributed by atoms with Crippen molar-refractivity contribution in [3.63, 3.8) is 0 Å². The van der Waals surface area contributed by atoms with E-state index in [1.54, 1.807) is 26.1 Å². The number of carbonyl (C=O) groups is 2. The molecule has 5 nitrogen and oxygen atoms in total. The highest BCUT2D eigenvalue weighted by atomic mass is 35.5. The molecule has 1 aliphatic rings. The fraction of sp³-hybridized carbons (Fsp3) is 0.467. The molecular formula is C15H18ClNO4. The Morgan fingerprint density at radius 3 is 2.95 bits per heavy atom. The first-order valence-corrected chi connectivity index (χ1v) is 7.24. The summed E-state index contributed by atoms with van der Waals surface area (Å²) in [6.45, 7) is 2.41. The molecule has 1 aromatic rings. The molecule has 0 spiro atoms. The fourth-order valence-electron chi connectivity index (χ4n) is 2.20. The van der Waals surface area contributed by atoms with Gasteiger partial charge in [-0.05, 0) is 30.7 Å². The minimum atomic E-state index is -0.550. The number of hydrogen-bond donors (Lipinski definition) is 0. The van der Waals surface area contributed by atoms with E-state index in [1.165, 1.54) is 4.90 Å². The van der Waals surface area contributed by atoms with Gasteiger partial charge in [0.15, 0.2) is 6.10 Å². The van der Waals surface area contributed by atoms with Crippen molar-refractivity contribution >= 4 is 23.5 Å². The number of hydrogen-bond acceptors (Lipinski definition) is 4. The lowest BCUT2D eigenvalue weighted by atomic mass is 10.1. The molecule has 21 heavy (non-hydrogen) atoms. The van der Waals surface area contributed by atoms with Crippen LogP contribution in [0.2, 0.25) is 5.02 Å². The van der Waals surface area contributed by atoms with Crippen molar-refractivity contribution in [1.82, 2.24) is 4.90 Å². The third-order valence-corrected chi connectivity index (χ3v) is 3.54. The molecule has 0 N–H and O–H groups in total. The van der Waals surface area contributed by atoms with Gasteiger partial charge in [0.2, 0.25) is 0 Å². The van der Waals surface area contributed by atoms with Crippen LogP contribution in [0, 0.1) is 0 Å². The molecule has 0 aromatic heterocycles. The molecule has 1 heterocycles. The van der Waals surface area contributed by atoms with Crippen LogP contribution in [0.5, 0.6) is 5.75 Å². The van der Waals surface area contributed by atoms with Gasteiger partial charge in [-0.1, -0.05) is 11.6 Å². The van der Waals surface area contributed by atoms with Gasteiger partial charge < -0.3 is 14.4 Å². The second-order valence-electron chi connectivity index (χ2n) is 4.88. The zero-order valence-electron chi connectivity index (χ0n) is 12.1. The number of nitrogens with zero attached hydrogens (tertiary/aromatic N) is 1. The predicted molar refractivity (Wildman–Crippen MR) is 78.5 cm³/mol. The molecule has 0 saturated carbocycles. The minimum Gasteiger partial charge on any atom is -0.480 e. The van der Waals surface area contributed by atoms with E-state index in [0.29, 0.717) is 30.3 Å². The second-order valence-corrected chi connectivity index (χ2v) is 5.31. The topological polar surface area (TPSA) is 55.8 Å². The molecule has 0 radical (unpaired) electrons. The number of likely N-dealkylation sites (N-methyl/N-ethyl adjacent to an activating group) is 1. The average Bonchev–Trinajstić information content (AvgIpc) is 2.87. The Kier molecular flexibility index (Phi) is 5.07. The molecule has 2 rings (SSSR count). The molecule has 1 atom stereocenters. The van der Waals surface area contributed by atoms with Gasteiger partial charge in [0.25, 0.3) is 5.91 Å². The van der Waals surface area contributed by atoms with Crippen molar-refractivity contribution in [2.75, 3.05) is 20.2 Å². The summed E-state index contributed by atoms with van der Waals surface area (Å²) in [5, 5.41) is 0.626. The summed E-state index contributed by atoms with van der Waals surface area (Å²) in [6.07, 6.45) is 0.130. The smallest absolute Gasteiger partial charge is 0.307 e. The van der Waals surface area contributed by atoms with Gasteiger partial charge in [-0.3, -0.25) is 9.59 Å². The Morgan fingerprint density at radius 1 is 1.48 bits per heavy atom. The van der Waals surface area contributed by atoms with Crippen molar-refractivity contribution < 1.29 is 19.1 Å². The standard InChI is InChI=1S/C15H18ClNO4/c1-3-20-14(18)6-7-17(2)15(19)13-9-10-8-11(16)4-5-12(10)21-13/h4-5,8,13H,3,6-7,9H2,1-2H3. The first-order valence-electron chi connectivity index (χ1n) is 6.87. The van der Waals surface area contributed by atoms with Crippen LogP contribution in [0.3, 0.4) is 0 Å². The first-order chi connectivity index (χ1) is 10.0. The van der Waals surface area contributed by atoms with Gasteiger partial charge in [-0.2, -0.15) is 0 Å². The van der Waals surface area contributed by atoms with E-state index >= 15 is 0 Å². The number of carbonyl (C=O) groups excluding carboxylic acids is 2. The highest BCUT2D eigenvalue weighted by Gasteiger charge is 2.31. The van der Waals surface area contributed by atoms with Crippen molar-refractivity contribution in [3.8, 4) is 5.75 Å². The predicted octanol–water partition coefficient (Wildman–Crippen LogP) is 2.06. The number of halogens is 1. The quantitative estimate of drug-likeness (QED) is 0.781. The lowest BCUT2D eigenvalue weighted by Gasteiger charge is -2.20. The molecule has 6 heteroatoms. The third kappa shape index (κ3) is 3.88. The highest BCUT2D eigenvalue weighted by molar-refractivity contribution is 6.30. The van der Waals surface area contributed by atoms with E-state index in [1.807, 2.05) is 6.07 Å². The number of rotatable bonds is 5. The van der Waals surface area contributed by atoms with Crippen molar-refractivity contribution in [3.05, 3.63) is 28.8 Å². The summed E-state index contributed by atoms with van der Waals surface area (Å²) in [5.74, 6) is 0.239. The minimum absolute atomic E-state index is 0.147. The van der Waals surface area contributed by atoms with E-state index in [9.17, 15) is 9.59 Å². The molecular weight excluding hydrogens is 294 g/mol. The van der Waals surface area contributed by atoms with Crippen LogP contribution in [-0.2, 0) is 20.7 Å². The Bertz CT molecular complexity index is 546. The van der Waals surface area contributed by atoms with Gasteiger partial charge in [0, 0.05) is 25.0 Å². The normalized spacial score (nSPS) is 16.0. The number of amides is 1. The molecule has 1 amide bonds. The van der Waals surface area contributed by atoms with Crippen LogP contribution in [0.25, 0.3) is 0 Å². The van der Waals surface area contributed by atoms with Gasteiger partial charge in [-0.25, -0.2) is 0 Å². The summed E-state index contributed by atoms with van der Waals surface area (Å²) >= 11 is 5.93. The monoisotopic (exact) mass is 311 g/mol. The van der Waals surface area contributed by atoms with Crippen LogP contribution in [-0.4, -0.2) is 43.1 Å². The van der Waals surface area contributed by atoms with Gasteiger partial charge in [0.05, 0.1) is 13.0 Å². The molecule has 114 valence electrons. The van der Waals surface area contributed by atoms with E-state index in [4.69, 9.17) is 21.1 Å². The van der Waals surface area contributed by atoms with Crippen molar-refractivity contribution in [2.24, 2.45) is 0 Å². The zero-order chi connectivity index (χ0) is 15.4. The third-order valence-electron chi connectivity index (χ3n) is 3.31. The van der Waals surface area contributed by atoms with Crippen molar-refractivity contribution in [1.29, 1.82) is 0 Å². The number of ether oxygens (including phenoxy) is 2. The van der Waals surface area contributed by atoms with Crippen LogP contribution in [0.4, 0.5) is 0 Å². The van der Waals surface area contributed by atoms with Gasteiger partial charge >= 0.3 is 5.97 Å². The SMILES string of the molecule is CCOC(=O)CCN(C)C(=O)C1Cc2cc(Cl)ccc2O1. The fourth-order valence-corrected chi connectivity index (χ4v) is 2.40. The van der Waals surface area contributed by atoms with E-state index in [0.717, 1.165) is 5.56 Å². The summed E-state index contributed by atoms with van der Waals surface area (Å²) in [5.41, 5.74) is 0.930. The number of benzene rings is 1. The maximum absolute atomic E-state index is 12.3. The molecule has 0 fully saturated rings. The molecule has 1 aromatic carbocycles. The second kappa shape index (κ2) is 6.80. The summed E-state index contributed by atoms with van der Waals surface area (Å²) in [7, 11) is 1.65. The average molecular weight is 312 g/mol. The van der Waals surface area contributed by atoms with Crippen LogP contribution < -0.4 is 4.74 Å². The molecule has 0 aliphatic carbocycles. The van der Waals surface area contributed by atoms with E-state index in [2.05, 4.69) is 0 Å².